The van der Waals surface area contributed by atoms with Crippen LogP contribution in [0.15, 0.2) is 11.4 Å². The summed E-state index contributed by atoms with van der Waals surface area (Å²) in [5.74, 6) is 0. The highest BCUT2D eigenvalue weighted by molar-refractivity contribution is 7.10. The number of nitrogens with zero attached hydrogens (tertiary/aromatic N) is 1. The summed E-state index contributed by atoms with van der Waals surface area (Å²) in [5.41, 5.74) is 1.49. The molecule has 0 atom stereocenters. The Hall–Kier alpha value is -0.420. The minimum Gasteiger partial charge on any atom is -0.383 e. The molecule has 1 aromatic heterocycles. The van der Waals surface area contributed by atoms with E-state index in [0.717, 1.165) is 39.2 Å². The van der Waals surface area contributed by atoms with Crippen LogP contribution in [0.3, 0.4) is 0 Å². The third kappa shape index (κ3) is 5.64. The van der Waals surface area contributed by atoms with E-state index in [9.17, 15) is 0 Å². The number of methoxy groups -OCH3 is 1. The molecule has 0 unspecified atom stereocenters. The molecule has 0 aliphatic carbocycles. The summed E-state index contributed by atoms with van der Waals surface area (Å²) in [6.07, 6.45) is 1.14. The molecule has 0 radical (unpaired) electrons. The van der Waals surface area contributed by atoms with Gasteiger partial charge in [0, 0.05) is 38.2 Å². The maximum Gasteiger partial charge on any atom is 0.0587 e. The van der Waals surface area contributed by atoms with E-state index in [4.69, 9.17) is 4.74 Å². The molecule has 3 nitrogen and oxygen atoms in total. The topological polar surface area (TPSA) is 24.5 Å². The fraction of sp³-hybridized carbons (Fsp3) is 0.692. The van der Waals surface area contributed by atoms with E-state index in [2.05, 4.69) is 35.6 Å². The molecule has 1 aromatic rings. The van der Waals surface area contributed by atoms with Crippen molar-refractivity contribution in [2.75, 3.05) is 40.4 Å². The first-order valence-electron chi connectivity index (χ1n) is 6.21. The average Bonchev–Trinajstić information content (AvgIpc) is 2.76. The molecule has 0 saturated heterocycles. The number of rotatable bonds is 9. The second kappa shape index (κ2) is 8.64. The Kier molecular flexibility index (Phi) is 7.44. The highest BCUT2D eigenvalue weighted by Gasteiger charge is 2.05. The van der Waals surface area contributed by atoms with Crippen LogP contribution >= 0.6 is 11.3 Å². The summed E-state index contributed by atoms with van der Waals surface area (Å²) in [7, 11) is 3.91. The lowest BCUT2D eigenvalue weighted by atomic mass is 10.2. The van der Waals surface area contributed by atoms with Crippen molar-refractivity contribution in [2.24, 2.45) is 0 Å². The molecule has 0 aromatic carbocycles. The Morgan fingerprint density at radius 3 is 2.94 bits per heavy atom. The summed E-state index contributed by atoms with van der Waals surface area (Å²) >= 11 is 1.87. The van der Waals surface area contributed by atoms with Gasteiger partial charge in [-0.05, 0) is 30.5 Å². The van der Waals surface area contributed by atoms with Crippen LogP contribution in [0.1, 0.15) is 17.4 Å². The maximum atomic E-state index is 4.99. The summed E-state index contributed by atoms with van der Waals surface area (Å²) in [6, 6.07) is 2.24. The van der Waals surface area contributed by atoms with E-state index in [1.807, 2.05) is 11.3 Å². The zero-order chi connectivity index (χ0) is 12.5. The van der Waals surface area contributed by atoms with Gasteiger partial charge in [0.1, 0.15) is 0 Å². The normalized spacial score (nSPS) is 11.3. The SMILES string of the molecule is CCc1ccsc1CN(C)CCNCCOC. The molecule has 0 aliphatic rings. The van der Waals surface area contributed by atoms with Crippen molar-refractivity contribution in [1.29, 1.82) is 0 Å². The number of likely N-dealkylation sites (N-methyl/N-ethyl adjacent to an activating group) is 1. The number of ether oxygens (including phenoxy) is 1. The monoisotopic (exact) mass is 256 g/mol. The predicted octanol–water partition coefficient (Wildman–Crippen LogP) is 1.98. The third-order valence-corrected chi connectivity index (χ3v) is 3.73. The van der Waals surface area contributed by atoms with E-state index in [-0.39, 0.29) is 0 Å². The molecule has 1 heterocycles. The molecular formula is C13H24N2OS. The first-order valence-corrected chi connectivity index (χ1v) is 7.09. The van der Waals surface area contributed by atoms with E-state index < -0.39 is 0 Å². The van der Waals surface area contributed by atoms with Gasteiger partial charge in [-0.1, -0.05) is 6.92 Å². The minimum atomic E-state index is 0.786. The fourth-order valence-electron chi connectivity index (χ4n) is 1.71. The first kappa shape index (κ1) is 14.6. The van der Waals surface area contributed by atoms with Crippen molar-refractivity contribution in [3.05, 3.63) is 21.9 Å². The van der Waals surface area contributed by atoms with Crippen LogP contribution in [0.4, 0.5) is 0 Å². The summed E-state index contributed by atoms with van der Waals surface area (Å²) in [5, 5.41) is 5.56. The number of thiophene rings is 1. The molecule has 0 amide bonds. The van der Waals surface area contributed by atoms with Gasteiger partial charge in [-0.2, -0.15) is 0 Å². The van der Waals surface area contributed by atoms with Gasteiger partial charge in [-0.15, -0.1) is 11.3 Å². The zero-order valence-corrected chi connectivity index (χ0v) is 12.0. The van der Waals surface area contributed by atoms with Crippen LogP contribution in [-0.2, 0) is 17.7 Å². The number of aryl methyl sites for hydroxylation is 1. The molecule has 1 N–H and O–H groups in total. The van der Waals surface area contributed by atoms with Crippen molar-refractivity contribution in [3.8, 4) is 0 Å². The molecule has 0 saturated carbocycles. The lowest BCUT2D eigenvalue weighted by molar-refractivity contribution is 0.197. The quantitative estimate of drug-likeness (QED) is 0.684. The van der Waals surface area contributed by atoms with Crippen LogP contribution < -0.4 is 5.32 Å². The van der Waals surface area contributed by atoms with Gasteiger partial charge in [-0.25, -0.2) is 0 Å². The van der Waals surface area contributed by atoms with E-state index in [0.29, 0.717) is 0 Å². The van der Waals surface area contributed by atoms with E-state index in [1.165, 1.54) is 10.4 Å². The van der Waals surface area contributed by atoms with Crippen LogP contribution in [0.25, 0.3) is 0 Å². The average molecular weight is 256 g/mol. The largest absolute Gasteiger partial charge is 0.383 e. The van der Waals surface area contributed by atoms with Gasteiger partial charge in [0.25, 0.3) is 0 Å². The van der Waals surface area contributed by atoms with Crippen molar-refractivity contribution in [3.63, 3.8) is 0 Å². The fourth-order valence-corrected chi connectivity index (χ4v) is 2.77. The van der Waals surface area contributed by atoms with Crippen molar-refractivity contribution in [2.45, 2.75) is 19.9 Å². The lowest BCUT2D eigenvalue weighted by Gasteiger charge is -2.16. The molecule has 17 heavy (non-hydrogen) atoms. The molecule has 0 bridgehead atoms. The number of hydrogen-bond donors (Lipinski definition) is 1. The highest BCUT2D eigenvalue weighted by Crippen LogP contribution is 2.18. The second-order valence-corrected chi connectivity index (χ2v) is 5.20. The molecule has 1 rings (SSSR count). The summed E-state index contributed by atoms with van der Waals surface area (Å²) < 4.78 is 4.99. The first-order chi connectivity index (χ1) is 8.27. The molecule has 4 heteroatoms. The Labute approximate surface area is 109 Å². The van der Waals surface area contributed by atoms with Crippen molar-refractivity contribution >= 4 is 11.3 Å². The van der Waals surface area contributed by atoms with Gasteiger partial charge < -0.3 is 15.0 Å². The molecule has 0 spiro atoms. The summed E-state index contributed by atoms with van der Waals surface area (Å²) in [6.45, 7) is 7.10. The van der Waals surface area contributed by atoms with Crippen molar-refractivity contribution < 1.29 is 4.74 Å². The molecule has 0 aliphatic heterocycles. The molecule has 98 valence electrons. The van der Waals surface area contributed by atoms with Gasteiger partial charge in [0.15, 0.2) is 0 Å². The Morgan fingerprint density at radius 1 is 1.41 bits per heavy atom. The standard InChI is InChI=1S/C13H24N2OS/c1-4-12-5-10-17-13(12)11-15(2)8-6-14-7-9-16-3/h5,10,14H,4,6-9,11H2,1-3H3. The third-order valence-electron chi connectivity index (χ3n) is 2.79. The van der Waals surface area contributed by atoms with E-state index >= 15 is 0 Å². The molecular weight excluding hydrogens is 232 g/mol. The maximum absolute atomic E-state index is 4.99. The Morgan fingerprint density at radius 2 is 2.24 bits per heavy atom. The van der Waals surface area contributed by atoms with Crippen LogP contribution in [0.5, 0.6) is 0 Å². The van der Waals surface area contributed by atoms with Crippen molar-refractivity contribution in [1.82, 2.24) is 10.2 Å². The van der Waals surface area contributed by atoms with Gasteiger partial charge in [-0.3, -0.25) is 0 Å². The Balaban J connectivity index is 2.18. The van der Waals surface area contributed by atoms with Gasteiger partial charge in [0.2, 0.25) is 0 Å². The highest BCUT2D eigenvalue weighted by atomic mass is 32.1. The smallest absolute Gasteiger partial charge is 0.0587 e. The minimum absolute atomic E-state index is 0.786. The zero-order valence-electron chi connectivity index (χ0n) is 11.2. The van der Waals surface area contributed by atoms with Crippen LogP contribution in [0, 0.1) is 0 Å². The van der Waals surface area contributed by atoms with E-state index in [1.54, 1.807) is 7.11 Å². The van der Waals surface area contributed by atoms with Crippen LogP contribution in [-0.4, -0.2) is 45.3 Å². The number of nitrogens with one attached hydrogen (secondary N) is 1. The van der Waals surface area contributed by atoms with Gasteiger partial charge in [0.05, 0.1) is 6.61 Å². The Bertz CT molecular complexity index is 301. The number of hydrogen-bond acceptors (Lipinski definition) is 4. The second-order valence-electron chi connectivity index (χ2n) is 4.20. The van der Waals surface area contributed by atoms with Crippen LogP contribution in [0.2, 0.25) is 0 Å². The summed E-state index contributed by atoms with van der Waals surface area (Å²) in [4.78, 5) is 3.87. The predicted molar refractivity (Wildman–Crippen MR) is 74.8 cm³/mol. The molecule has 0 fully saturated rings. The van der Waals surface area contributed by atoms with Gasteiger partial charge >= 0.3 is 0 Å². The lowest BCUT2D eigenvalue weighted by Crippen LogP contribution is -2.30.